The molecule has 82 valence electrons. The van der Waals surface area contributed by atoms with E-state index >= 15 is 0 Å². The number of likely N-dealkylation sites (N-methyl/N-ethyl adjacent to an activating group) is 1. The lowest BCUT2D eigenvalue weighted by molar-refractivity contribution is -0.142. The van der Waals surface area contributed by atoms with Crippen molar-refractivity contribution in [2.45, 2.75) is 18.9 Å². The van der Waals surface area contributed by atoms with Gasteiger partial charge in [0.25, 0.3) is 0 Å². The molecule has 0 unspecified atom stereocenters. The molecule has 0 saturated carbocycles. The van der Waals surface area contributed by atoms with Gasteiger partial charge in [-0.25, -0.2) is 0 Å². The highest BCUT2D eigenvalue weighted by Crippen LogP contribution is 2.08. The SMILES string of the molecule is CN(C)[C@H](CCc1ccccc1)C(=O)O. The molecule has 0 aromatic heterocycles. The van der Waals surface area contributed by atoms with Crippen LogP contribution in [0.2, 0.25) is 0 Å². The van der Waals surface area contributed by atoms with Crippen LogP contribution < -0.4 is 0 Å². The number of aliphatic carboxylic acids is 1. The fourth-order valence-corrected chi connectivity index (χ4v) is 1.55. The lowest BCUT2D eigenvalue weighted by Crippen LogP contribution is -2.35. The Morgan fingerprint density at radius 3 is 2.40 bits per heavy atom. The van der Waals surface area contributed by atoms with Crippen LogP contribution in [0.1, 0.15) is 12.0 Å². The Kier molecular flexibility index (Phi) is 4.31. The monoisotopic (exact) mass is 207 g/mol. The third-order valence-electron chi connectivity index (χ3n) is 2.46. The number of nitrogens with zero attached hydrogens (tertiary/aromatic N) is 1. The van der Waals surface area contributed by atoms with Gasteiger partial charge >= 0.3 is 5.97 Å². The number of benzene rings is 1. The van der Waals surface area contributed by atoms with Crippen molar-refractivity contribution < 1.29 is 9.90 Å². The summed E-state index contributed by atoms with van der Waals surface area (Å²) < 4.78 is 0. The molecule has 0 radical (unpaired) electrons. The second-order valence-electron chi connectivity index (χ2n) is 3.84. The molecule has 3 heteroatoms. The van der Waals surface area contributed by atoms with E-state index in [4.69, 9.17) is 5.11 Å². The highest BCUT2D eigenvalue weighted by molar-refractivity contribution is 5.73. The molecule has 0 heterocycles. The Hall–Kier alpha value is -1.35. The maximum Gasteiger partial charge on any atom is 0.320 e. The van der Waals surface area contributed by atoms with Gasteiger partial charge in [-0.15, -0.1) is 0 Å². The van der Waals surface area contributed by atoms with Gasteiger partial charge in [0.05, 0.1) is 0 Å². The molecule has 0 aliphatic rings. The van der Waals surface area contributed by atoms with Crippen LogP contribution in [0.15, 0.2) is 30.3 Å². The summed E-state index contributed by atoms with van der Waals surface area (Å²) in [6, 6.07) is 9.56. The van der Waals surface area contributed by atoms with Crippen molar-refractivity contribution in [1.82, 2.24) is 4.90 Å². The molecule has 0 aliphatic carbocycles. The average Bonchev–Trinajstić information content (AvgIpc) is 2.18. The smallest absolute Gasteiger partial charge is 0.320 e. The third kappa shape index (κ3) is 3.72. The predicted molar refractivity (Wildman–Crippen MR) is 59.9 cm³/mol. The first-order valence-corrected chi connectivity index (χ1v) is 5.04. The minimum atomic E-state index is -0.754. The van der Waals surface area contributed by atoms with Crippen molar-refractivity contribution in [2.75, 3.05) is 14.1 Å². The van der Waals surface area contributed by atoms with Crippen LogP contribution >= 0.6 is 0 Å². The summed E-state index contributed by atoms with van der Waals surface area (Å²) >= 11 is 0. The summed E-state index contributed by atoms with van der Waals surface area (Å²) in [5.41, 5.74) is 1.19. The number of carbonyl (C=O) groups is 1. The molecule has 0 amide bonds. The lowest BCUT2D eigenvalue weighted by atomic mass is 10.0. The number of hydrogen-bond acceptors (Lipinski definition) is 2. The molecule has 0 saturated heterocycles. The van der Waals surface area contributed by atoms with E-state index in [1.165, 1.54) is 5.56 Å². The summed E-state index contributed by atoms with van der Waals surface area (Å²) in [5, 5.41) is 8.98. The minimum absolute atomic E-state index is 0.398. The summed E-state index contributed by atoms with van der Waals surface area (Å²) in [4.78, 5) is 12.7. The standard InChI is InChI=1S/C12H17NO2/c1-13(2)11(12(14)15)9-8-10-6-4-3-5-7-10/h3-7,11H,8-9H2,1-2H3,(H,14,15)/t11-/m1/s1. The predicted octanol–water partition coefficient (Wildman–Crippen LogP) is 1.63. The fraction of sp³-hybridized carbons (Fsp3) is 0.417. The molecular weight excluding hydrogens is 190 g/mol. The molecule has 1 aromatic rings. The molecule has 1 rings (SSSR count). The van der Waals surface area contributed by atoms with E-state index in [0.29, 0.717) is 6.42 Å². The Morgan fingerprint density at radius 1 is 1.33 bits per heavy atom. The lowest BCUT2D eigenvalue weighted by Gasteiger charge is -2.19. The van der Waals surface area contributed by atoms with Crippen molar-refractivity contribution in [1.29, 1.82) is 0 Å². The van der Waals surface area contributed by atoms with Gasteiger partial charge in [0.1, 0.15) is 6.04 Å². The largest absolute Gasteiger partial charge is 0.480 e. The molecule has 1 atom stereocenters. The second-order valence-corrected chi connectivity index (χ2v) is 3.84. The van der Waals surface area contributed by atoms with E-state index in [1.54, 1.807) is 19.0 Å². The molecule has 0 aliphatic heterocycles. The van der Waals surface area contributed by atoms with E-state index in [0.717, 1.165) is 6.42 Å². The molecule has 0 bridgehead atoms. The number of hydrogen-bond donors (Lipinski definition) is 1. The molecule has 1 aromatic carbocycles. The van der Waals surface area contributed by atoms with Gasteiger partial charge in [-0.2, -0.15) is 0 Å². The average molecular weight is 207 g/mol. The maximum absolute atomic E-state index is 10.9. The quantitative estimate of drug-likeness (QED) is 0.797. The highest BCUT2D eigenvalue weighted by atomic mass is 16.4. The van der Waals surface area contributed by atoms with Crippen LogP contribution in [0.5, 0.6) is 0 Å². The first kappa shape index (κ1) is 11.7. The van der Waals surface area contributed by atoms with E-state index < -0.39 is 12.0 Å². The summed E-state index contributed by atoms with van der Waals surface area (Å²) in [6.45, 7) is 0. The summed E-state index contributed by atoms with van der Waals surface area (Å²) in [6.07, 6.45) is 1.45. The fourth-order valence-electron chi connectivity index (χ4n) is 1.55. The van der Waals surface area contributed by atoms with Crippen molar-refractivity contribution in [3.8, 4) is 0 Å². The Labute approximate surface area is 90.3 Å². The van der Waals surface area contributed by atoms with Gasteiger partial charge in [0, 0.05) is 0 Å². The molecule has 3 nitrogen and oxygen atoms in total. The van der Waals surface area contributed by atoms with Crippen LogP contribution in [0.4, 0.5) is 0 Å². The van der Waals surface area contributed by atoms with Crippen LogP contribution in [-0.4, -0.2) is 36.1 Å². The summed E-state index contributed by atoms with van der Waals surface area (Å²) in [5.74, 6) is -0.754. The minimum Gasteiger partial charge on any atom is -0.480 e. The van der Waals surface area contributed by atoms with Crippen LogP contribution in [0, 0.1) is 0 Å². The Bertz CT molecular complexity index is 309. The Balaban J connectivity index is 2.51. The van der Waals surface area contributed by atoms with Crippen LogP contribution in [-0.2, 0) is 11.2 Å². The molecule has 0 spiro atoms. The molecule has 15 heavy (non-hydrogen) atoms. The van der Waals surface area contributed by atoms with E-state index in [9.17, 15) is 4.79 Å². The first-order valence-electron chi connectivity index (χ1n) is 5.04. The van der Waals surface area contributed by atoms with Crippen molar-refractivity contribution >= 4 is 5.97 Å². The van der Waals surface area contributed by atoms with Crippen LogP contribution in [0.3, 0.4) is 0 Å². The Morgan fingerprint density at radius 2 is 1.93 bits per heavy atom. The zero-order valence-corrected chi connectivity index (χ0v) is 9.18. The van der Waals surface area contributed by atoms with Gasteiger partial charge in [-0.1, -0.05) is 30.3 Å². The van der Waals surface area contributed by atoms with E-state index in [-0.39, 0.29) is 0 Å². The maximum atomic E-state index is 10.9. The highest BCUT2D eigenvalue weighted by Gasteiger charge is 2.18. The zero-order chi connectivity index (χ0) is 11.3. The molecule has 0 fully saturated rings. The second kappa shape index (κ2) is 5.51. The van der Waals surface area contributed by atoms with Crippen molar-refractivity contribution in [3.63, 3.8) is 0 Å². The number of aryl methyl sites for hydroxylation is 1. The summed E-state index contributed by atoms with van der Waals surface area (Å²) in [7, 11) is 3.59. The third-order valence-corrected chi connectivity index (χ3v) is 2.46. The van der Waals surface area contributed by atoms with Crippen molar-refractivity contribution in [2.24, 2.45) is 0 Å². The van der Waals surface area contributed by atoms with E-state index in [2.05, 4.69) is 0 Å². The molecular formula is C12H17NO2. The molecule has 1 N–H and O–H groups in total. The first-order chi connectivity index (χ1) is 7.11. The zero-order valence-electron chi connectivity index (χ0n) is 9.18. The van der Waals surface area contributed by atoms with Gasteiger partial charge < -0.3 is 5.11 Å². The topological polar surface area (TPSA) is 40.5 Å². The van der Waals surface area contributed by atoms with Gasteiger partial charge in [-0.3, -0.25) is 9.69 Å². The number of rotatable bonds is 5. The number of carboxylic acid groups (broad SMARTS) is 1. The van der Waals surface area contributed by atoms with Gasteiger partial charge in [0.2, 0.25) is 0 Å². The van der Waals surface area contributed by atoms with Gasteiger partial charge in [0.15, 0.2) is 0 Å². The normalized spacial score (nSPS) is 12.7. The van der Waals surface area contributed by atoms with Crippen molar-refractivity contribution in [3.05, 3.63) is 35.9 Å². The van der Waals surface area contributed by atoms with Gasteiger partial charge in [-0.05, 0) is 32.5 Å². The van der Waals surface area contributed by atoms with Crippen LogP contribution in [0.25, 0.3) is 0 Å². The number of carboxylic acids is 1. The van der Waals surface area contributed by atoms with E-state index in [1.807, 2.05) is 30.3 Å².